The zero-order valence-electron chi connectivity index (χ0n) is 16.7. The molecule has 0 radical (unpaired) electrons. The number of benzene rings is 3. The van der Waals surface area contributed by atoms with Crippen LogP contribution in [-0.4, -0.2) is 14.3 Å². The average Bonchev–Trinajstić information content (AvgIpc) is 2.70. The fourth-order valence-corrected chi connectivity index (χ4v) is 4.21. The SMILES string of the molecule is Cc1cc(S(N)(=O)=O)ccc1NC(=O)Cc1ccc(Oc2cc(Cl)cc(C#N)c2)c(Br)c1. The summed E-state index contributed by atoms with van der Waals surface area (Å²) in [5.74, 6) is 0.638. The van der Waals surface area contributed by atoms with E-state index in [1.54, 1.807) is 37.3 Å². The Morgan fingerprint density at radius 1 is 1.19 bits per heavy atom. The Morgan fingerprint density at radius 3 is 2.56 bits per heavy atom. The van der Waals surface area contributed by atoms with E-state index in [1.807, 2.05) is 6.07 Å². The van der Waals surface area contributed by atoms with Crippen molar-refractivity contribution in [3.63, 3.8) is 0 Å². The van der Waals surface area contributed by atoms with Crippen molar-refractivity contribution >= 4 is 49.1 Å². The number of nitrogens with zero attached hydrogens (tertiary/aromatic N) is 1. The van der Waals surface area contributed by atoms with Crippen LogP contribution in [-0.2, 0) is 21.2 Å². The summed E-state index contributed by atoms with van der Waals surface area (Å²) in [7, 11) is -3.81. The van der Waals surface area contributed by atoms with Gasteiger partial charge in [-0.1, -0.05) is 17.7 Å². The molecule has 0 saturated carbocycles. The molecule has 0 heterocycles. The Hall–Kier alpha value is -2.90. The maximum Gasteiger partial charge on any atom is 0.238 e. The minimum absolute atomic E-state index is 0.0193. The molecular formula is C22H17BrClN3O4S. The first-order valence-electron chi connectivity index (χ1n) is 9.15. The van der Waals surface area contributed by atoms with Crippen LogP contribution in [0, 0.1) is 18.3 Å². The van der Waals surface area contributed by atoms with Crippen molar-refractivity contribution in [1.82, 2.24) is 0 Å². The third kappa shape index (κ3) is 6.08. The van der Waals surface area contributed by atoms with E-state index >= 15 is 0 Å². The zero-order chi connectivity index (χ0) is 23.5. The minimum Gasteiger partial charge on any atom is -0.456 e. The number of hydrogen-bond donors (Lipinski definition) is 2. The van der Waals surface area contributed by atoms with Crippen molar-refractivity contribution < 1.29 is 17.9 Å². The predicted octanol–water partition coefficient (Wildman–Crippen LogP) is 4.90. The molecule has 10 heteroatoms. The van der Waals surface area contributed by atoms with E-state index in [0.717, 1.165) is 5.56 Å². The van der Waals surface area contributed by atoms with Crippen molar-refractivity contribution in [2.75, 3.05) is 5.32 Å². The second kappa shape index (κ2) is 9.71. The van der Waals surface area contributed by atoms with Crippen LogP contribution in [0.4, 0.5) is 5.69 Å². The molecule has 0 aliphatic heterocycles. The van der Waals surface area contributed by atoms with Crippen LogP contribution in [0.3, 0.4) is 0 Å². The summed E-state index contributed by atoms with van der Waals surface area (Å²) >= 11 is 9.43. The number of ether oxygens (including phenoxy) is 1. The van der Waals surface area contributed by atoms with E-state index in [2.05, 4.69) is 21.2 Å². The highest BCUT2D eigenvalue weighted by atomic mass is 79.9. The molecule has 3 aromatic rings. The first-order valence-corrected chi connectivity index (χ1v) is 11.9. The molecule has 164 valence electrons. The van der Waals surface area contributed by atoms with Gasteiger partial charge in [-0.05, 0) is 82.5 Å². The summed E-state index contributed by atoms with van der Waals surface area (Å²) in [6, 6.07) is 16.2. The van der Waals surface area contributed by atoms with E-state index in [-0.39, 0.29) is 17.2 Å². The van der Waals surface area contributed by atoms with Crippen LogP contribution in [0.2, 0.25) is 5.02 Å². The summed E-state index contributed by atoms with van der Waals surface area (Å²) in [5, 5.41) is 17.3. The molecule has 0 saturated heterocycles. The summed E-state index contributed by atoms with van der Waals surface area (Å²) < 4.78 is 29.3. The number of aryl methyl sites for hydroxylation is 1. The summed E-state index contributed by atoms with van der Waals surface area (Å²) in [6.45, 7) is 1.68. The fraction of sp³-hybridized carbons (Fsp3) is 0.0909. The largest absolute Gasteiger partial charge is 0.456 e. The number of sulfonamides is 1. The number of amides is 1. The monoisotopic (exact) mass is 533 g/mol. The summed E-state index contributed by atoms with van der Waals surface area (Å²) in [4.78, 5) is 12.4. The van der Waals surface area contributed by atoms with Gasteiger partial charge in [0.1, 0.15) is 11.5 Å². The van der Waals surface area contributed by atoms with Gasteiger partial charge in [0, 0.05) is 10.7 Å². The van der Waals surface area contributed by atoms with Gasteiger partial charge in [0.25, 0.3) is 0 Å². The molecule has 0 spiro atoms. The lowest BCUT2D eigenvalue weighted by Gasteiger charge is -2.12. The number of carbonyl (C=O) groups is 1. The smallest absolute Gasteiger partial charge is 0.238 e. The van der Waals surface area contributed by atoms with Crippen molar-refractivity contribution in [3.05, 3.63) is 80.8 Å². The second-order valence-corrected chi connectivity index (χ2v) is 9.75. The number of nitrogens with one attached hydrogen (secondary N) is 1. The van der Waals surface area contributed by atoms with E-state index in [1.165, 1.54) is 24.3 Å². The first kappa shape index (κ1) is 23.8. The number of primary sulfonamides is 1. The molecule has 7 nitrogen and oxygen atoms in total. The van der Waals surface area contributed by atoms with Crippen molar-refractivity contribution in [1.29, 1.82) is 5.26 Å². The van der Waals surface area contributed by atoms with E-state index in [4.69, 9.17) is 26.7 Å². The third-order valence-corrected chi connectivity index (χ3v) is 6.14. The van der Waals surface area contributed by atoms with Gasteiger partial charge in [-0.15, -0.1) is 0 Å². The Kier molecular flexibility index (Phi) is 7.21. The molecule has 0 atom stereocenters. The van der Waals surface area contributed by atoms with Gasteiger partial charge < -0.3 is 10.1 Å². The van der Waals surface area contributed by atoms with Crippen LogP contribution in [0.25, 0.3) is 0 Å². The summed E-state index contributed by atoms with van der Waals surface area (Å²) in [6.07, 6.45) is 0.0883. The van der Waals surface area contributed by atoms with Crippen LogP contribution in [0.15, 0.2) is 64.0 Å². The molecule has 0 unspecified atom stereocenters. The molecule has 0 aromatic heterocycles. The zero-order valence-corrected chi connectivity index (χ0v) is 19.9. The molecule has 0 fully saturated rings. The number of rotatable bonds is 6. The van der Waals surface area contributed by atoms with Gasteiger partial charge in [0.05, 0.1) is 27.4 Å². The van der Waals surface area contributed by atoms with Crippen molar-refractivity contribution in [3.8, 4) is 17.6 Å². The molecule has 0 aliphatic rings. The van der Waals surface area contributed by atoms with Crippen LogP contribution >= 0.6 is 27.5 Å². The second-order valence-electron chi connectivity index (χ2n) is 6.90. The molecule has 3 N–H and O–H groups in total. The lowest BCUT2D eigenvalue weighted by Crippen LogP contribution is -2.16. The van der Waals surface area contributed by atoms with E-state index in [0.29, 0.717) is 37.8 Å². The Labute approximate surface area is 198 Å². The number of anilines is 1. The normalized spacial score (nSPS) is 11.0. The number of hydrogen-bond acceptors (Lipinski definition) is 5. The van der Waals surface area contributed by atoms with Gasteiger partial charge in [0.2, 0.25) is 15.9 Å². The van der Waals surface area contributed by atoms with Gasteiger partial charge >= 0.3 is 0 Å². The van der Waals surface area contributed by atoms with Crippen LogP contribution in [0.5, 0.6) is 11.5 Å². The van der Waals surface area contributed by atoms with E-state index in [9.17, 15) is 13.2 Å². The topological polar surface area (TPSA) is 122 Å². The van der Waals surface area contributed by atoms with Gasteiger partial charge in [-0.3, -0.25) is 4.79 Å². The summed E-state index contributed by atoms with van der Waals surface area (Å²) in [5.41, 5.74) is 2.18. The molecule has 32 heavy (non-hydrogen) atoms. The molecule has 3 aromatic carbocycles. The number of nitrogens with two attached hydrogens (primary N) is 1. The Bertz CT molecular complexity index is 1350. The highest BCUT2D eigenvalue weighted by Crippen LogP contribution is 2.32. The Balaban J connectivity index is 1.70. The average molecular weight is 535 g/mol. The highest BCUT2D eigenvalue weighted by Gasteiger charge is 2.13. The lowest BCUT2D eigenvalue weighted by atomic mass is 10.1. The number of halogens is 2. The number of carbonyl (C=O) groups excluding carboxylic acids is 1. The van der Waals surface area contributed by atoms with Crippen molar-refractivity contribution in [2.45, 2.75) is 18.2 Å². The molecule has 0 bridgehead atoms. The number of nitriles is 1. The molecule has 1 amide bonds. The maximum absolute atomic E-state index is 12.5. The third-order valence-electron chi connectivity index (χ3n) is 4.39. The quantitative estimate of drug-likeness (QED) is 0.465. The highest BCUT2D eigenvalue weighted by molar-refractivity contribution is 9.10. The van der Waals surface area contributed by atoms with Crippen LogP contribution in [0.1, 0.15) is 16.7 Å². The van der Waals surface area contributed by atoms with E-state index < -0.39 is 10.0 Å². The molecule has 0 aliphatic carbocycles. The standard InChI is InChI=1S/C22H17BrClN3O4S/c1-13-6-18(32(26,29)30)3-4-20(13)27-22(28)10-14-2-5-21(19(23)9-14)31-17-8-15(12-25)7-16(24)11-17/h2-9,11H,10H2,1H3,(H,27,28)(H2,26,29,30). The fourth-order valence-electron chi connectivity index (χ4n) is 2.88. The molecular weight excluding hydrogens is 518 g/mol. The first-order chi connectivity index (χ1) is 15.0. The Morgan fingerprint density at radius 2 is 1.94 bits per heavy atom. The van der Waals surface area contributed by atoms with Gasteiger partial charge in [-0.2, -0.15) is 5.26 Å². The predicted molar refractivity (Wildman–Crippen MR) is 125 cm³/mol. The lowest BCUT2D eigenvalue weighted by molar-refractivity contribution is -0.115. The van der Waals surface area contributed by atoms with Crippen LogP contribution < -0.4 is 15.2 Å². The maximum atomic E-state index is 12.5. The van der Waals surface area contributed by atoms with Crippen molar-refractivity contribution in [2.24, 2.45) is 5.14 Å². The molecule has 3 rings (SSSR count). The minimum atomic E-state index is -3.81. The van der Waals surface area contributed by atoms with Gasteiger partial charge in [-0.25, -0.2) is 13.6 Å². The van der Waals surface area contributed by atoms with Gasteiger partial charge in [0.15, 0.2) is 0 Å².